The Morgan fingerprint density at radius 1 is 1.50 bits per heavy atom. The zero-order valence-corrected chi connectivity index (χ0v) is 8.82. The van der Waals surface area contributed by atoms with Gasteiger partial charge in [-0.2, -0.15) is 0 Å². The van der Waals surface area contributed by atoms with Crippen LogP contribution in [0.25, 0.3) is 0 Å². The first kappa shape index (κ1) is 8.54. The van der Waals surface area contributed by atoms with Gasteiger partial charge in [-0.25, -0.2) is 0 Å². The summed E-state index contributed by atoms with van der Waals surface area (Å²) < 4.78 is 0.945. The second-order valence-corrected chi connectivity index (χ2v) is 4.37. The van der Waals surface area contributed by atoms with Crippen molar-refractivity contribution in [2.45, 2.75) is 18.9 Å². The van der Waals surface area contributed by atoms with Gasteiger partial charge in [-0.05, 0) is 52.0 Å². The third-order valence-electron chi connectivity index (χ3n) is 2.31. The Balaban J connectivity index is 2.56. The Hall–Kier alpha value is -0.0500. The third kappa shape index (κ3) is 1.28. The van der Waals surface area contributed by atoms with Crippen molar-refractivity contribution in [2.24, 2.45) is 5.73 Å². The molecule has 0 unspecified atom stereocenters. The molecule has 12 heavy (non-hydrogen) atoms. The lowest BCUT2D eigenvalue weighted by molar-refractivity contribution is 0.713. The van der Waals surface area contributed by atoms with Crippen LogP contribution in [0.1, 0.15) is 23.6 Å². The van der Waals surface area contributed by atoms with Crippen molar-refractivity contribution in [3.05, 3.63) is 32.8 Å². The van der Waals surface area contributed by atoms with E-state index in [1.54, 1.807) is 0 Å². The van der Waals surface area contributed by atoms with E-state index in [0.29, 0.717) is 0 Å². The van der Waals surface area contributed by atoms with Crippen LogP contribution < -0.4 is 5.73 Å². The van der Waals surface area contributed by atoms with Crippen LogP contribution in [-0.2, 0) is 6.42 Å². The summed E-state index contributed by atoms with van der Waals surface area (Å²) in [6, 6.07) is 4.25. The Kier molecular flexibility index (Phi) is 2.15. The van der Waals surface area contributed by atoms with Crippen LogP contribution in [0.5, 0.6) is 0 Å². The highest BCUT2D eigenvalue weighted by atomic mass is 79.9. The van der Waals surface area contributed by atoms with Crippen LogP contribution >= 0.6 is 27.5 Å². The van der Waals surface area contributed by atoms with Gasteiger partial charge < -0.3 is 5.73 Å². The average molecular weight is 247 g/mol. The van der Waals surface area contributed by atoms with Crippen LogP contribution in [0, 0.1) is 0 Å². The van der Waals surface area contributed by atoms with E-state index < -0.39 is 0 Å². The second-order valence-electron chi connectivity index (χ2n) is 3.11. The summed E-state index contributed by atoms with van der Waals surface area (Å²) in [5.41, 5.74) is 8.44. The maximum Gasteiger partial charge on any atom is 0.0551 e. The second kappa shape index (κ2) is 3.02. The minimum atomic E-state index is 0.202. The predicted octanol–water partition coefficient (Wildman–Crippen LogP) is 3.05. The third-order valence-corrected chi connectivity index (χ3v) is 3.50. The van der Waals surface area contributed by atoms with E-state index in [1.165, 1.54) is 11.1 Å². The van der Waals surface area contributed by atoms with Gasteiger partial charge in [-0.3, -0.25) is 0 Å². The summed E-state index contributed by atoms with van der Waals surface area (Å²) in [6.45, 7) is 0. The summed E-state index contributed by atoms with van der Waals surface area (Å²) in [5, 5.41) is 0.780. The van der Waals surface area contributed by atoms with Crippen LogP contribution in [0.4, 0.5) is 0 Å². The minimum absolute atomic E-state index is 0.202. The summed E-state index contributed by atoms with van der Waals surface area (Å²) >= 11 is 9.34. The van der Waals surface area contributed by atoms with Gasteiger partial charge in [-0.15, -0.1) is 0 Å². The topological polar surface area (TPSA) is 26.0 Å². The quantitative estimate of drug-likeness (QED) is 0.748. The number of halogens is 2. The first-order valence-electron chi connectivity index (χ1n) is 3.92. The molecule has 0 saturated carbocycles. The number of hydrogen-bond acceptors (Lipinski definition) is 1. The summed E-state index contributed by atoms with van der Waals surface area (Å²) in [6.07, 6.45) is 2.10. The fourth-order valence-corrected chi connectivity index (χ4v) is 2.18. The zero-order chi connectivity index (χ0) is 8.72. The molecule has 1 aromatic rings. The summed E-state index contributed by atoms with van der Waals surface area (Å²) in [4.78, 5) is 0. The normalized spacial score (nSPS) is 21.1. The lowest BCUT2D eigenvalue weighted by Crippen LogP contribution is -2.04. The van der Waals surface area contributed by atoms with Crippen molar-refractivity contribution in [3.63, 3.8) is 0 Å². The number of hydrogen-bond donors (Lipinski definition) is 1. The zero-order valence-electron chi connectivity index (χ0n) is 6.48. The number of nitrogens with two attached hydrogens (primary N) is 1. The van der Waals surface area contributed by atoms with Gasteiger partial charge in [0.25, 0.3) is 0 Å². The molecular weight excluding hydrogens is 237 g/mol. The molecule has 1 aliphatic rings. The van der Waals surface area contributed by atoms with Crippen LogP contribution in [0.2, 0.25) is 5.02 Å². The van der Waals surface area contributed by atoms with Gasteiger partial charge in [0.1, 0.15) is 0 Å². The smallest absolute Gasteiger partial charge is 0.0551 e. The number of benzene rings is 1. The largest absolute Gasteiger partial charge is 0.324 e. The first-order valence-corrected chi connectivity index (χ1v) is 5.09. The standard InChI is InChI=1S/C9H9BrClN/c10-7-4-6-5(3-8(7)11)1-2-9(6)12/h3-4,9H,1-2,12H2/t9-/m1/s1. The maximum absolute atomic E-state index is 5.95. The molecule has 2 rings (SSSR count). The SMILES string of the molecule is N[C@@H]1CCc2cc(Cl)c(Br)cc21. The van der Waals surface area contributed by atoms with E-state index in [0.717, 1.165) is 22.3 Å². The molecule has 1 aliphatic carbocycles. The van der Waals surface area contributed by atoms with E-state index in [1.807, 2.05) is 12.1 Å². The molecular formula is C9H9BrClN. The molecule has 0 radical (unpaired) electrons. The van der Waals surface area contributed by atoms with Crippen molar-refractivity contribution in [2.75, 3.05) is 0 Å². The van der Waals surface area contributed by atoms with Crippen molar-refractivity contribution in [3.8, 4) is 0 Å². The highest BCUT2D eigenvalue weighted by Gasteiger charge is 2.19. The Morgan fingerprint density at radius 3 is 3.00 bits per heavy atom. The lowest BCUT2D eigenvalue weighted by Gasteiger charge is -2.05. The molecule has 1 atom stereocenters. The molecule has 0 aliphatic heterocycles. The molecule has 1 nitrogen and oxygen atoms in total. The van der Waals surface area contributed by atoms with Crippen LogP contribution in [-0.4, -0.2) is 0 Å². The fraction of sp³-hybridized carbons (Fsp3) is 0.333. The van der Waals surface area contributed by atoms with Crippen molar-refractivity contribution < 1.29 is 0 Å². The van der Waals surface area contributed by atoms with E-state index >= 15 is 0 Å². The van der Waals surface area contributed by atoms with E-state index in [-0.39, 0.29) is 6.04 Å². The summed E-state index contributed by atoms with van der Waals surface area (Å²) in [5.74, 6) is 0. The molecule has 0 spiro atoms. The van der Waals surface area contributed by atoms with Gasteiger partial charge in [0.15, 0.2) is 0 Å². The molecule has 0 amide bonds. The molecule has 64 valence electrons. The number of rotatable bonds is 0. The molecule has 1 aromatic carbocycles. The Morgan fingerprint density at radius 2 is 2.25 bits per heavy atom. The molecule has 0 heterocycles. The average Bonchev–Trinajstić information content (AvgIpc) is 2.35. The van der Waals surface area contributed by atoms with Gasteiger partial charge in [-0.1, -0.05) is 11.6 Å². The maximum atomic E-state index is 5.95. The fourth-order valence-electron chi connectivity index (χ4n) is 1.63. The monoisotopic (exact) mass is 245 g/mol. The Labute approximate surface area is 85.0 Å². The van der Waals surface area contributed by atoms with Gasteiger partial charge in [0, 0.05) is 10.5 Å². The summed E-state index contributed by atoms with van der Waals surface area (Å²) in [7, 11) is 0. The molecule has 0 saturated heterocycles. The Bertz CT molecular complexity index is 325. The van der Waals surface area contributed by atoms with Crippen LogP contribution in [0.15, 0.2) is 16.6 Å². The molecule has 2 N–H and O–H groups in total. The molecule has 0 fully saturated rings. The van der Waals surface area contributed by atoms with Crippen molar-refractivity contribution in [1.82, 2.24) is 0 Å². The predicted molar refractivity (Wildman–Crippen MR) is 54.4 cm³/mol. The highest BCUT2D eigenvalue weighted by molar-refractivity contribution is 9.10. The lowest BCUT2D eigenvalue weighted by atomic mass is 10.1. The molecule has 0 aromatic heterocycles. The minimum Gasteiger partial charge on any atom is -0.324 e. The van der Waals surface area contributed by atoms with Crippen molar-refractivity contribution in [1.29, 1.82) is 0 Å². The van der Waals surface area contributed by atoms with E-state index in [4.69, 9.17) is 17.3 Å². The van der Waals surface area contributed by atoms with E-state index in [2.05, 4.69) is 15.9 Å². The highest BCUT2D eigenvalue weighted by Crippen LogP contribution is 2.35. The first-order chi connectivity index (χ1) is 5.68. The van der Waals surface area contributed by atoms with Crippen molar-refractivity contribution >= 4 is 27.5 Å². The number of fused-ring (bicyclic) bond motifs is 1. The van der Waals surface area contributed by atoms with Gasteiger partial charge in [0.2, 0.25) is 0 Å². The van der Waals surface area contributed by atoms with Crippen LogP contribution in [0.3, 0.4) is 0 Å². The number of aryl methyl sites for hydroxylation is 1. The molecule has 3 heteroatoms. The van der Waals surface area contributed by atoms with E-state index in [9.17, 15) is 0 Å². The van der Waals surface area contributed by atoms with Gasteiger partial charge in [0.05, 0.1) is 5.02 Å². The van der Waals surface area contributed by atoms with Gasteiger partial charge >= 0.3 is 0 Å². The molecule has 0 bridgehead atoms.